The summed E-state index contributed by atoms with van der Waals surface area (Å²) in [5, 5.41) is 12.0. The van der Waals surface area contributed by atoms with Crippen LogP contribution in [0, 0.1) is 6.92 Å². The molecule has 0 saturated carbocycles. The lowest BCUT2D eigenvalue weighted by atomic mass is 10.1. The molecule has 3 aromatic heterocycles. The van der Waals surface area contributed by atoms with Gasteiger partial charge >= 0.3 is 0 Å². The van der Waals surface area contributed by atoms with Crippen LogP contribution in [0.5, 0.6) is 0 Å². The fraction of sp³-hybridized carbons (Fsp3) is 0.308. The quantitative estimate of drug-likeness (QED) is 0.701. The van der Waals surface area contributed by atoms with Crippen molar-refractivity contribution in [3.05, 3.63) is 29.5 Å². The van der Waals surface area contributed by atoms with Crippen LogP contribution in [0.15, 0.2) is 12.4 Å². The van der Waals surface area contributed by atoms with Crippen molar-refractivity contribution in [2.24, 2.45) is 0 Å². The van der Waals surface area contributed by atoms with Crippen LogP contribution in [-0.2, 0) is 6.42 Å². The Balaban J connectivity index is 1.92. The molecule has 4 rings (SSSR count). The number of carbonyl (C=O) groups is 1. The van der Waals surface area contributed by atoms with Crippen molar-refractivity contribution in [1.29, 1.82) is 0 Å². The van der Waals surface area contributed by atoms with E-state index in [0.29, 0.717) is 29.5 Å². The molecule has 106 valence electrons. The van der Waals surface area contributed by atoms with Gasteiger partial charge in [-0.2, -0.15) is 10.2 Å². The van der Waals surface area contributed by atoms with Gasteiger partial charge in [0.15, 0.2) is 17.2 Å². The minimum Gasteiger partial charge on any atom is -0.340 e. The molecule has 0 aliphatic carbocycles. The summed E-state index contributed by atoms with van der Waals surface area (Å²) >= 11 is 0. The van der Waals surface area contributed by atoms with Gasteiger partial charge in [0, 0.05) is 25.4 Å². The van der Waals surface area contributed by atoms with Gasteiger partial charge < -0.3 is 4.90 Å². The zero-order valence-electron chi connectivity index (χ0n) is 11.7. The summed E-state index contributed by atoms with van der Waals surface area (Å²) in [5.41, 5.74) is 2.11. The number of rotatable bonds is 1. The average molecular weight is 283 g/mol. The van der Waals surface area contributed by atoms with Gasteiger partial charge in [0.05, 0.1) is 11.6 Å². The number of H-pyrrole nitrogens is 1. The lowest BCUT2D eigenvalue weighted by molar-refractivity contribution is 0.0775. The predicted molar refractivity (Wildman–Crippen MR) is 74.2 cm³/mol. The number of aromatic amines is 1. The molecule has 0 aromatic carbocycles. The van der Waals surface area contributed by atoms with E-state index in [1.165, 1.54) is 0 Å². The first-order valence-electron chi connectivity index (χ1n) is 6.65. The first-order valence-corrected chi connectivity index (χ1v) is 6.65. The zero-order valence-corrected chi connectivity index (χ0v) is 11.7. The van der Waals surface area contributed by atoms with Gasteiger partial charge in [0.25, 0.3) is 5.91 Å². The van der Waals surface area contributed by atoms with Gasteiger partial charge in [-0.3, -0.25) is 9.89 Å². The number of carbonyl (C=O) groups excluding carboxylic acids is 1. The number of likely N-dealkylation sites (N-methyl/N-ethyl adjacent to an activating group) is 1. The Morgan fingerprint density at radius 3 is 3.05 bits per heavy atom. The van der Waals surface area contributed by atoms with E-state index in [0.717, 1.165) is 17.4 Å². The second-order valence-electron chi connectivity index (χ2n) is 5.15. The molecule has 4 heterocycles. The molecule has 21 heavy (non-hydrogen) atoms. The smallest absolute Gasteiger partial charge is 0.274 e. The standard InChI is InChI=1S/C13H13N7O/c1-7-15-11-9(5-14-17-11)12(16-7)20-6-8-3-4-19(2)13(21)10(8)18-20/h5-6H,3-4H2,1-2H3,(H,14,15,16,17). The predicted octanol–water partition coefficient (Wildman–Crippen LogP) is 0.475. The van der Waals surface area contributed by atoms with Crippen LogP contribution in [0.2, 0.25) is 0 Å². The molecule has 0 bridgehead atoms. The minimum absolute atomic E-state index is 0.0517. The van der Waals surface area contributed by atoms with E-state index < -0.39 is 0 Å². The number of fused-ring (bicyclic) bond motifs is 2. The van der Waals surface area contributed by atoms with Gasteiger partial charge in [-0.25, -0.2) is 14.6 Å². The van der Waals surface area contributed by atoms with Crippen LogP contribution in [-0.4, -0.2) is 54.3 Å². The number of nitrogens with zero attached hydrogens (tertiary/aromatic N) is 6. The molecule has 0 atom stereocenters. The van der Waals surface area contributed by atoms with Crippen LogP contribution in [0.3, 0.4) is 0 Å². The molecule has 1 N–H and O–H groups in total. The van der Waals surface area contributed by atoms with E-state index in [1.807, 2.05) is 13.1 Å². The van der Waals surface area contributed by atoms with Crippen LogP contribution < -0.4 is 0 Å². The number of aryl methyl sites for hydroxylation is 1. The van der Waals surface area contributed by atoms with Crippen LogP contribution >= 0.6 is 0 Å². The minimum atomic E-state index is -0.0517. The summed E-state index contributed by atoms with van der Waals surface area (Å²) in [6, 6.07) is 0. The van der Waals surface area contributed by atoms with Crippen molar-refractivity contribution < 1.29 is 4.79 Å². The highest BCUT2D eigenvalue weighted by molar-refractivity contribution is 5.94. The number of aromatic nitrogens is 6. The highest BCUT2D eigenvalue weighted by atomic mass is 16.2. The monoisotopic (exact) mass is 283 g/mol. The molecular formula is C13H13N7O. The van der Waals surface area contributed by atoms with Gasteiger partial charge in [-0.05, 0) is 13.3 Å². The number of hydrogen-bond donors (Lipinski definition) is 1. The van der Waals surface area contributed by atoms with E-state index in [9.17, 15) is 4.79 Å². The Hall–Kier alpha value is -2.77. The molecule has 1 aliphatic heterocycles. The molecule has 0 fully saturated rings. The van der Waals surface area contributed by atoms with Crippen molar-refractivity contribution in [2.75, 3.05) is 13.6 Å². The number of nitrogens with one attached hydrogen (secondary N) is 1. The molecule has 0 radical (unpaired) electrons. The summed E-state index contributed by atoms with van der Waals surface area (Å²) < 4.78 is 1.65. The molecule has 1 aliphatic rings. The van der Waals surface area contributed by atoms with E-state index >= 15 is 0 Å². The molecule has 8 nitrogen and oxygen atoms in total. The third kappa shape index (κ3) is 1.72. The molecule has 1 amide bonds. The van der Waals surface area contributed by atoms with Gasteiger partial charge in [-0.1, -0.05) is 0 Å². The van der Waals surface area contributed by atoms with E-state index in [4.69, 9.17) is 0 Å². The lowest BCUT2D eigenvalue weighted by Crippen LogP contribution is -2.33. The van der Waals surface area contributed by atoms with Crippen molar-refractivity contribution in [3.63, 3.8) is 0 Å². The van der Waals surface area contributed by atoms with Gasteiger partial charge in [0.2, 0.25) is 0 Å². The van der Waals surface area contributed by atoms with Crippen LogP contribution in [0.1, 0.15) is 21.9 Å². The average Bonchev–Trinajstić information content (AvgIpc) is 3.08. The Morgan fingerprint density at radius 1 is 1.33 bits per heavy atom. The van der Waals surface area contributed by atoms with Crippen molar-refractivity contribution in [3.8, 4) is 5.82 Å². The van der Waals surface area contributed by atoms with Gasteiger partial charge in [0.1, 0.15) is 5.82 Å². The second-order valence-corrected chi connectivity index (χ2v) is 5.15. The second kappa shape index (κ2) is 4.11. The normalized spacial score (nSPS) is 14.8. The highest BCUT2D eigenvalue weighted by Gasteiger charge is 2.26. The fourth-order valence-electron chi connectivity index (χ4n) is 2.55. The molecule has 0 spiro atoms. The van der Waals surface area contributed by atoms with E-state index in [-0.39, 0.29) is 5.91 Å². The Bertz CT molecular complexity index is 863. The largest absolute Gasteiger partial charge is 0.340 e. The van der Waals surface area contributed by atoms with E-state index in [1.54, 1.807) is 22.8 Å². The Kier molecular flexibility index (Phi) is 2.35. The summed E-state index contributed by atoms with van der Waals surface area (Å²) in [5.74, 6) is 1.21. The first-order chi connectivity index (χ1) is 10.1. The maximum atomic E-state index is 12.1. The third-order valence-electron chi connectivity index (χ3n) is 3.67. The third-order valence-corrected chi connectivity index (χ3v) is 3.67. The maximum absolute atomic E-state index is 12.1. The first kappa shape index (κ1) is 12.0. The lowest BCUT2D eigenvalue weighted by Gasteiger charge is -2.20. The van der Waals surface area contributed by atoms with Crippen molar-refractivity contribution >= 4 is 16.9 Å². The number of amides is 1. The Morgan fingerprint density at radius 2 is 2.19 bits per heavy atom. The zero-order chi connectivity index (χ0) is 14.6. The summed E-state index contributed by atoms with van der Waals surface area (Å²) in [7, 11) is 1.79. The molecule has 3 aromatic rings. The summed E-state index contributed by atoms with van der Waals surface area (Å²) in [6.07, 6.45) is 4.34. The maximum Gasteiger partial charge on any atom is 0.274 e. The fourth-order valence-corrected chi connectivity index (χ4v) is 2.55. The van der Waals surface area contributed by atoms with Crippen molar-refractivity contribution in [1.82, 2.24) is 34.8 Å². The number of hydrogen-bond acceptors (Lipinski definition) is 5. The molecular weight excluding hydrogens is 270 g/mol. The summed E-state index contributed by atoms with van der Waals surface area (Å²) in [4.78, 5) is 22.5. The van der Waals surface area contributed by atoms with Crippen LogP contribution in [0.4, 0.5) is 0 Å². The molecule has 8 heteroatoms. The Labute approximate surface area is 119 Å². The van der Waals surface area contributed by atoms with Crippen molar-refractivity contribution in [2.45, 2.75) is 13.3 Å². The summed E-state index contributed by atoms with van der Waals surface area (Å²) in [6.45, 7) is 2.52. The SMILES string of the molecule is Cc1nc(-n2cc3c(n2)C(=O)N(C)CC3)c2cn[nH]c2n1. The topological polar surface area (TPSA) is 92.6 Å². The van der Waals surface area contributed by atoms with Gasteiger partial charge in [-0.15, -0.1) is 0 Å². The molecule has 0 saturated heterocycles. The molecule has 0 unspecified atom stereocenters. The van der Waals surface area contributed by atoms with Crippen LogP contribution in [0.25, 0.3) is 16.9 Å². The highest BCUT2D eigenvalue weighted by Crippen LogP contribution is 2.21. The van der Waals surface area contributed by atoms with E-state index in [2.05, 4.69) is 25.3 Å².